The number of aromatic nitrogens is 3. The number of carbonyl (C=O) groups is 3. The van der Waals surface area contributed by atoms with Crippen LogP contribution in [0.1, 0.15) is 248 Å². The molecule has 0 spiro atoms. The largest absolute Gasteiger partial charge is 0.481 e. The first kappa shape index (κ1) is 54.0. The number of carbonyl (C=O) groups excluding carboxylic acids is 2. The van der Waals surface area contributed by atoms with Crippen molar-refractivity contribution in [2.75, 3.05) is 6.61 Å². The van der Waals surface area contributed by atoms with Crippen LogP contribution < -0.4 is 5.73 Å². The van der Waals surface area contributed by atoms with Gasteiger partial charge in [0.25, 0.3) is 5.91 Å². The van der Waals surface area contributed by atoms with E-state index in [0.717, 1.165) is 37.7 Å². The molecule has 0 radical (unpaired) electrons. The molecular weight excluding hydrogens is 797 g/mol. The van der Waals surface area contributed by atoms with Crippen LogP contribution in [0.4, 0.5) is 0 Å². The van der Waals surface area contributed by atoms with Crippen molar-refractivity contribution in [1.82, 2.24) is 14.8 Å². The fraction of sp³-hybridized carbons (Fsp3) is 0.784. The molecule has 5 atom stereocenters. The van der Waals surface area contributed by atoms with Gasteiger partial charge < -0.3 is 29.8 Å². The molecule has 4 rings (SSSR count). The maximum Gasteiger partial charge on any atom is 0.305 e. The second-order valence-corrected chi connectivity index (χ2v) is 17.9. The summed E-state index contributed by atoms with van der Waals surface area (Å²) >= 11 is 0. The summed E-state index contributed by atoms with van der Waals surface area (Å²) in [5.74, 6) is -1.74. The maximum absolute atomic E-state index is 12.5. The van der Waals surface area contributed by atoms with Crippen LogP contribution in [0.5, 0.6) is 0 Å². The van der Waals surface area contributed by atoms with E-state index in [0.29, 0.717) is 12.8 Å². The number of carboxylic acids is 1. The van der Waals surface area contributed by atoms with Crippen molar-refractivity contribution in [2.45, 2.75) is 250 Å². The van der Waals surface area contributed by atoms with E-state index < -0.39 is 42.7 Å². The molecule has 12 nitrogen and oxygen atoms in total. The van der Waals surface area contributed by atoms with Crippen LogP contribution in [-0.2, 0) is 28.5 Å². The average Bonchev–Trinajstić information content (AvgIpc) is 4.03. The van der Waals surface area contributed by atoms with Crippen LogP contribution in [0, 0.1) is 0 Å². The van der Waals surface area contributed by atoms with Gasteiger partial charge in [-0.3, -0.25) is 14.4 Å². The molecule has 1 aromatic heterocycles. The van der Waals surface area contributed by atoms with E-state index in [2.05, 4.69) is 23.9 Å². The number of primary amides is 1. The Morgan fingerprint density at radius 1 is 0.603 bits per heavy atom. The van der Waals surface area contributed by atoms with Gasteiger partial charge in [0.05, 0.1) is 0 Å². The third-order valence-corrected chi connectivity index (χ3v) is 12.3. The second kappa shape index (κ2) is 35.0. The van der Waals surface area contributed by atoms with Gasteiger partial charge in [0.15, 0.2) is 12.5 Å². The molecule has 1 amide bonds. The number of hydrogen-bond acceptors (Lipinski definition) is 9. The van der Waals surface area contributed by atoms with Gasteiger partial charge in [0.2, 0.25) is 5.82 Å². The Bertz CT molecular complexity index is 1460. The highest BCUT2D eigenvalue weighted by atomic mass is 16.8. The standard InChI is InChI=1S/C33H50N4O6.C18H36O2/c1-2-3-4-5-6-7-8-9-10-11-12-13-14-15-19-22-27(38)40-23-26-28-29(43-33(42-28)25-20-17-16-18-21-25)32(41-26)37-24-35-31(36-37)30(34)39;1-2-3-4-5-6-7-8-9-10-11-12-13-14-15-16-17-18(19)20/h16-18,20-21,24,26,28-29,32-33H,2-15,19,22-23H2,1H3,(H2,34,39);2-17H2,1H3,(H,19,20)/t26-,28?,29?,32-,33?;/m1./s1. The van der Waals surface area contributed by atoms with E-state index in [1.165, 1.54) is 172 Å². The Kier molecular flexibility index (Phi) is 30.0. The number of benzene rings is 1. The van der Waals surface area contributed by atoms with Gasteiger partial charge in [-0.1, -0.05) is 224 Å². The fourth-order valence-corrected chi connectivity index (χ4v) is 8.50. The molecule has 3 unspecified atom stereocenters. The van der Waals surface area contributed by atoms with Crippen LogP contribution in [-0.4, -0.2) is 62.6 Å². The smallest absolute Gasteiger partial charge is 0.305 e. The average molecular weight is 883 g/mol. The van der Waals surface area contributed by atoms with Crippen molar-refractivity contribution in [1.29, 1.82) is 0 Å². The topological polar surface area (TPSA) is 165 Å². The molecule has 1 aromatic carbocycles. The maximum atomic E-state index is 12.5. The summed E-state index contributed by atoms with van der Waals surface area (Å²) in [6.45, 7) is 4.57. The van der Waals surface area contributed by atoms with Gasteiger partial charge in [0, 0.05) is 18.4 Å². The molecule has 2 aliphatic heterocycles. The Labute approximate surface area is 380 Å². The van der Waals surface area contributed by atoms with Crippen LogP contribution >= 0.6 is 0 Å². The highest BCUT2D eigenvalue weighted by Crippen LogP contribution is 2.44. The third kappa shape index (κ3) is 24.0. The Morgan fingerprint density at radius 3 is 1.46 bits per heavy atom. The molecule has 2 aliphatic rings. The molecule has 0 saturated carbocycles. The SMILES string of the molecule is CCCCCCCCCCCCCCCCCC(=O)O.CCCCCCCCCCCCCCCCCC(=O)OC[C@H]1O[C@@H](n2cnc(C(N)=O)n2)C2OC(c3ccccc3)OC21. The van der Waals surface area contributed by atoms with Gasteiger partial charge >= 0.3 is 11.9 Å². The van der Waals surface area contributed by atoms with Crippen molar-refractivity contribution >= 4 is 17.8 Å². The van der Waals surface area contributed by atoms with Crippen molar-refractivity contribution in [2.24, 2.45) is 5.73 Å². The number of rotatable bonds is 37. The normalized spacial score (nSPS) is 19.1. The van der Waals surface area contributed by atoms with Crippen molar-refractivity contribution < 1.29 is 38.4 Å². The summed E-state index contributed by atoms with van der Waals surface area (Å²) in [6.07, 6.45) is 38.3. The lowest BCUT2D eigenvalue weighted by atomic mass is 10.0. The first-order valence-electron chi connectivity index (χ1n) is 25.4. The molecule has 2 aromatic rings. The van der Waals surface area contributed by atoms with Gasteiger partial charge in [-0.25, -0.2) is 9.67 Å². The van der Waals surface area contributed by atoms with Gasteiger partial charge in [-0.2, -0.15) is 0 Å². The second-order valence-electron chi connectivity index (χ2n) is 17.9. The van der Waals surface area contributed by atoms with Gasteiger partial charge in [-0.05, 0) is 12.8 Å². The van der Waals surface area contributed by atoms with Crippen LogP contribution in [0.3, 0.4) is 0 Å². The highest BCUT2D eigenvalue weighted by Gasteiger charge is 2.54. The zero-order valence-corrected chi connectivity index (χ0v) is 39.4. The first-order valence-corrected chi connectivity index (χ1v) is 25.4. The van der Waals surface area contributed by atoms with E-state index in [1.807, 2.05) is 30.3 Å². The lowest BCUT2D eigenvalue weighted by molar-refractivity contribution is -0.168. The van der Waals surface area contributed by atoms with Crippen LogP contribution in [0.25, 0.3) is 0 Å². The van der Waals surface area contributed by atoms with Gasteiger partial charge in [-0.15, -0.1) is 5.10 Å². The fourth-order valence-electron chi connectivity index (χ4n) is 8.50. The van der Waals surface area contributed by atoms with E-state index in [-0.39, 0.29) is 18.4 Å². The van der Waals surface area contributed by atoms with E-state index in [1.54, 1.807) is 0 Å². The van der Waals surface area contributed by atoms with Crippen molar-refractivity contribution in [3.8, 4) is 0 Å². The summed E-state index contributed by atoms with van der Waals surface area (Å²) < 4.78 is 25.6. The Hall–Kier alpha value is -3.35. The van der Waals surface area contributed by atoms with E-state index >= 15 is 0 Å². The number of amides is 1. The molecule has 2 saturated heterocycles. The zero-order valence-electron chi connectivity index (χ0n) is 39.4. The monoisotopic (exact) mass is 883 g/mol. The summed E-state index contributed by atoms with van der Waals surface area (Å²) in [4.78, 5) is 38.3. The number of unbranched alkanes of at least 4 members (excludes halogenated alkanes) is 28. The molecule has 358 valence electrons. The number of nitrogens with zero attached hydrogens (tertiary/aromatic N) is 3. The summed E-state index contributed by atoms with van der Waals surface area (Å²) in [5.41, 5.74) is 6.19. The molecule has 63 heavy (non-hydrogen) atoms. The minimum atomic E-state index is -0.733. The minimum Gasteiger partial charge on any atom is -0.481 e. The number of ether oxygens (including phenoxy) is 4. The molecule has 3 N–H and O–H groups in total. The quantitative estimate of drug-likeness (QED) is 0.0493. The third-order valence-electron chi connectivity index (χ3n) is 12.3. The van der Waals surface area contributed by atoms with Gasteiger partial charge in [0.1, 0.15) is 31.2 Å². The highest BCUT2D eigenvalue weighted by molar-refractivity contribution is 5.88. The molecule has 2 fully saturated rings. The molecule has 12 heteroatoms. The number of aliphatic carboxylic acids is 1. The number of nitrogens with two attached hydrogens (primary N) is 1. The molecule has 0 bridgehead atoms. The minimum absolute atomic E-state index is 0.0392. The van der Waals surface area contributed by atoms with E-state index in [4.69, 9.17) is 29.8 Å². The van der Waals surface area contributed by atoms with E-state index in [9.17, 15) is 14.4 Å². The summed E-state index contributed by atoms with van der Waals surface area (Å²) in [6, 6.07) is 9.60. The van der Waals surface area contributed by atoms with Crippen LogP contribution in [0.15, 0.2) is 36.7 Å². The number of esters is 1. The van der Waals surface area contributed by atoms with Crippen molar-refractivity contribution in [3.05, 3.63) is 48.0 Å². The number of hydrogen-bond donors (Lipinski definition) is 2. The Balaban J connectivity index is 0.000000446. The Morgan fingerprint density at radius 2 is 1.03 bits per heavy atom. The molecule has 3 heterocycles. The van der Waals surface area contributed by atoms with Crippen LogP contribution in [0.2, 0.25) is 0 Å². The number of carboxylic acid groups (broad SMARTS) is 1. The zero-order chi connectivity index (χ0) is 45.2. The predicted molar refractivity (Wildman–Crippen MR) is 249 cm³/mol. The molecule has 0 aliphatic carbocycles. The first-order chi connectivity index (χ1) is 30.8. The summed E-state index contributed by atoms with van der Waals surface area (Å²) in [7, 11) is 0. The summed E-state index contributed by atoms with van der Waals surface area (Å²) in [5, 5.41) is 12.7. The predicted octanol–water partition coefficient (Wildman–Crippen LogP) is 12.9. The lowest BCUT2D eigenvalue weighted by Gasteiger charge is -2.20. The number of fused-ring (bicyclic) bond motifs is 1. The van der Waals surface area contributed by atoms with Crippen molar-refractivity contribution in [3.63, 3.8) is 0 Å². The lowest BCUT2D eigenvalue weighted by Crippen LogP contribution is -2.32. The molecular formula is C51H86N4O8.